The summed E-state index contributed by atoms with van der Waals surface area (Å²) in [6.07, 6.45) is 0. The highest BCUT2D eigenvalue weighted by Gasteiger charge is 2.09. The predicted octanol–water partition coefficient (Wildman–Crippen LogP) is 4.59. The van der Waals surface area contributed by atoms with E-state index in [4.69, 9.17) is 21.6 Å². The van der Waals surface area contributed by atoms with Crippen LogP contribution in [-0.4, -0.2) is 7.11 Å². The summed E-state index contributed by atoms with van der Waals surface area (Å²) in [7, 11) is 1.61. The Morgan fingerprint density at radius 1 is 1.35 bits per heavy atom. The minimum atomic E-state index is 0.485. The topological polar surface area (TPSA) is 45.0 Å². The van der Waals surface area contributed by atoms with Crippen LogP contribution in [0.4, 0.5) is 5.69 Å². The van der Waals surface area contributed by atoms with Gasteiger partial charge in [-0.3, -0.25) is 0 Å². The van der Waals surface area contributed by atoms with Crippen LogP contribution in [0.5, 0.6) is 5.75 Å². The number of nitrogens with zero attached hydrogens (tertiary/aromatic N) is 1. The Kier molecular flexibility index (Phi) is 4.89. The summed E-state index contributed by atoms with van der Waals surface area (Å²) in [6.45, 7) is 0.485. The van der Waals surface area contributed by atoms with Crippen molar-refractivity contribution in [1.82, 2.24) is 0 Å². The van der Waals surface area contributed by atoms with Gasteiger partial charge in [0.15, 0.2) is 0 Å². The van der Waals surface area contributed by atoms with Gasteiger partial charge in [0.05, 0.1) is 18.4 Å². The van der Waals surface area contributed by atoms with Gasteiger partial charge in [-0.1, -0.05) is 33.6 Å². The van der Waals surface area contributed by atoms with E-state index in [0.29, 0.717) is 17.1 Å². The van der Waals surface area contributed by atoms with E-state index in [1.807, 2.05) is 30.3 Å². The Hall–Kier alpha value is -1.70. The molecule has 2 aromatic carbocycles. The first-order chi connectivity index (χ1) is 9.65. The highest BCUT2D eigenvalue weighted by molar-refractivity contribution is 9.10. The fourth-order valence-electron chi connectivity index (χ4n) is 1.85. The lowest BCUT2D eigenvalue weighted by Gasteiger charge is -2.13. The molecule has 0 fully saturated rings. The van der Waals surface area contributed by atoms with Crippen molar-refractivity contribution in [2.75, 3.05) is 12.4 Å². The Labute approximate surface area is 131 Å². The van der Waals surface area contributed by atoms with Crippen molar-refractivity contribution in [1.29, 1.82) is 5.26 Å². The third-order valence-electron chi connectivity index (χ3n) is 2.85. The van der Waals surface area contributed by atoms with Gasteiger partial charge in [0.1, 0.15) is 11.8 Å². The number of anilines is 1. The molecule has 0 radical (unpaired) electrons. The maximum atomic E-state index is 9.13. The number of methoxy groups -OCH3 is 1. The van der Waals surface area contributed by atoms with Crippen LogP contribution < -0.4 is 10.1 Å². The van der Waals surface area contributed by atoms with Crippen LogP contribution >= 0.6 is 27.5 Å². The van der Waals surface area contributed by atoms with Gasteiger partial charge in [-0.15, -0.1) is 0 Å². The van der Waals surface area contributed by atoms with Gasteiger partial charge in [-0.2, -0.15) is 5.26 Å². The van der Waals surface area contributed by atoms with E-state index in [-0.39, 0.29) is 0 Å². The quantitative estimate of drug-likeness (QED) is 0.876. The van der Waals surface area contributed by atoms with Crippen molar-refractivity contribution in [2.24, 2.45) is 0 Å². The molecule has 0 saturated heterocycles. The standard InChI is InChI=1S/C15H12BrClN2O/c1-20-15-4-2-3-13(17)12(15)9-19-14-6-5-11(16)7-10(14)8-18/h2-7,19H,9H2,1H3. The maximum absolute atomic E-state index is 9.13. The number of halogens is 2. The monoisotopic (exact) mass is 350 g/mol. The van der Waals surface area contributed by atoms with Crippen LogP contribution in [0, 0.1) is 11.3 Å². The van der Waals surface area contributed by atoms with Gasteiger partial charge in [0, 0.05) is 21.6 Å². The first-order valence-electron chi connectivity index (χ1n) is 5.90. The molecule has 0 heterocycles. The van der Waals surface area contributed by atoms with Gasteiger partial charge < -0.3 is 10.1 Å². The lowest BCUT2D eigenvalue weighted by Crippen LogP contribution is -2.04. The lowest BCUT2D eigenvalue weighted by atomic mass is 10.1. The number of rotatable bonds is 4. The summed E-state index contributed by atoms with van der Waals surface area (Å²) < 4.78 is 6.16. The highest BCUT2D eigenvalue weighted by atomic mass is 79.9. The van der Waals surface area contributed by atoms with E-state index >= 15 is 0 Å². The summed E-state index contributed by atoms with van der Waals surface area (Å²) >= 11 is 9.53. The van der Waals surface area contributed by atoms with Crippen LogP contribution in [0.15, 0.2) is 40.9 Å². The zero-order chi connectivity index (χ0) is 14.5. The minimum Gasteiger partial charge on any atom is -0.496 e. The van der Waals surface area contributed by atoms with Crippen molar-refractivity contribution in [3.05, 3.63) is 57.0 Å². The SMILES string of the molecule is COc1cccc(Cl)c1CNc1ccc(Br)cc1C#N. The van der Waals surface area contributed by atoms with Gasteiger partial charge >= 0.3 is 0 Å². The molecule has 0 spiro atoms. The Morgan fingerprint density at radius 2 is 2.15 bits per heavy atom. The molecule has 20 heavy (non-hydrogen) atoms. The second kappa shape index (κ2) is 6.65. The number of nitriles is 1. The summed E-state index contributed by atoms with van der Waals surface area (Å²) in [5.41, 5.74) is 2.20. The third-order valence-corrected chi connectivity index (χ3v) is 3.70. The predicted molar refractivity (Wildman–Crippen MR) is 84.2 cm³/mol. The minimum absolute atomic E-state index is 0.485. The number of benzene rings is 2. The molecular formula is C15H12BrClN2O. The van der Waals surface area contributed by atoms with E-state index in [1.54, 1.807) is 13.2 Å². The summed E-state index contributed by atoms with van der Waals surface area (Å²) in [5.74, 6) is 0.723. The molecular weight excluding hydrogens is 340 g/mol. The number of hydrogen-bond acceptors (Lipinski definition) is 3. The van der Waals surface area contributed by atoms with Crippen molar-refractivity contribution in [3.63, 3.8) is 0 Å². The normalized spacial score (nSPS) is 9.90. The molecule has 1 N–H and O–H groups in total. The number of hydrogen-bond donors (Lipinski definition) is 1. The molecule has 0 unspecified atom stereocenters. The maximum Gasteiger partial charge on any atom is 0.125 e. The Balaban J connectivity index is 2.24. The fraction of sp³-hybridized carbons (Fsp3) is 0.133. The second-order valence-corrected chi connectivity index (χ2v) is 5.40. The van der Waals surface area contributed by atoms with E-state index in [2.05, 4.69) is 27.3 Å². The van der Waals surface area contributed by atoms with Crippen molar-refractivity contribution < 1.29 is 4.74 Å². The van der Waals surface area contributed by atoms with E-state index in [9.17, 15) is 0 Å². The average molecular weight is 352 g/mol. The van der Waals surface area contributed by atoms with Crippen molar-refractivity contribution in [3.8, 4) is 11.8 Å². The lowest BCUT2D eigenvalue weighted by molar-refractivity contribution is 0.410. The Bertz CT molecular complexity index is 667. The molecule has 0 atom stereocenters. The largest absolute Gasteiger partial charge is 0.496 e. The summed E-state index contributed by atoms with van der Waals surface area (Å²) in [6, 6.07) is 13.2. The molecule has 0 aliphatic carbocycles. The zero-order valence-corrected chi connectivity index (χ0v) is 13.1. The first-order valence-corrected chi connectivity index (χ1v) is 7.07. The van der Waals surface area contributed by atoms with Crippen LogP contribution in [0.3, 0.4) is 0 Å². The molecule has 0 bridgehead atoms. The molecule has 0 saturated carbocycles. The average Bonchev–Trinajstić information content (AvgIpc) is 2.46. The highest BCUT2D eigenvalue weighted by Crippen LogP contribution is 2.28. The van der Waals surface area contributed by atoms with E-state index in [0.717, 1.165) is 21.5 Å². The van der Waals surface area contributed by atoms with Crippen LogP contribution in [-0.2, 0) is 6.54 Å². The van der Waals surface area contributed by atoms with Crippen molar-refractivity contribution in [2.45, 2.75) is 6.54 Å². The molecule has 0 amide bonds. The molecule has 0 aliphatic rings. The number of ether oxygens (including phenoxy) is 1. The van der Waals surface area contributed by atoms with Crippen LogP contribution in [0.1, 0.15) is 11.1 Å². The summed E-state index contributed by atoms with van der Waals surface area (Å²) in [4.78, 5) is 0. The van der Waals surface area contributed by atoms with Gasteiger partial charge in [-0.25, -0.2) is 0 Å². The van der Waals surface area contributed by atoms with E-state index in [1.165, 1.54) is 0 Å². The van der Waals surface area contributed by atoms with E-state index < -0.39 is 0 Å². The smallest absolute Gasteiger partial charge is 0.125 e. The molecule has 102 valence electrons. The number of nitrogens with one attached hydrogen (secondary N) is 1. The van der Waals surface area contributed by atoms with Crippen LogP contribution in [0.25, 0.3) is 0 Å². The molecule has 0 aliphatic heterocycles. The van der Waals surface area contributed by atoms with Gasteiger partial charge in [0.2, 0.25) is 0 Å². The molecule has 2 rings (SSSR count). The summed E-state index contributed by atoms with van der Waals surface area (Å²) in [5, 5.41) is 13.0. The van der Waals surface area contributed by atoms with Crippen molar-refractivity contribution >= 4 is 33.2 Å². The Morgan fingerprint density at radius 3 is 2.85 bits per heavy atom. The van der Waals surface area contributed by atoms with Gasteiger partial charge in [0.25, 0.3) is 0 Å². The first kappa shape index (κ1) is 14.7. The molecule has 5 heteroatoms. The molecule has 2 aromatic rings. The second-order valence-electron chi connectivity index (χ2n) is 4.08. The molecule has 0 aromatic heterocycles. The molecule has 3 nitrogen and oxygen atoms in total. The zero-order valence-electron chi connectivity index (χ0n) is 10.8. The van der Waals surface area contributed by atoms with Crippen LogP contribution in [0.2, 0.25) is 5.02 Å². The third kappa shape index (κ3) is 3.24. The fourth-order valence-corrected chi connectivity index (χ4v) is 2.44. The van der Waals surface area contributed by atoms with Gasteiger partial charge in [-0.05, 0) is 30.3 Å².